The number of carbonyl (C=O) groups is 3. The van der Waals surface area contributed by atoms with Crippen LogP contribution < -0.4 is 20.8 Å². The Morgan fingerprint density at radius 3 is 2.32 bits per heavy atom. The van der Waals surface area contributed by atoms with Crippen molar-refractivity contribution >= 4 is 46.9 Å². The van der Waals surface area contributed by atoms with E-state index in [9.17, 15) is 14.4 Å². The number of ether oxygens (including phenoxy) is 1. The normalized spacial score (nSPS) is 10.4. The van der Waals surface area contributed by atoms with Gasteiger partial charge in [0.1, 0.15) is 12.4 Å². The molecule has 9 heteroatoms. The molecule has 0 fully saturated rings. The van der Waals surface area contributed by atoms with Crippen molar-refractivity contribution in [3.8, 4) is 5.75 Å². The highest BCUT2D eigenvalue weighted by atomic mass is 35.5. The maximum Gasteiger partial charge on any atom is 0.329 e. The van der Waals surface area contributed by atoms with E-state index in [2.05, 4.69) is 27.7 Å². The first-order valence-electron chi connectivity index (χ1n) is 10.1. The highest BCUT2D eigenvalue weighted by molar-refractivity contribution is 6.40. The average Bonchev–Trinajstić information content (AvgIpc) is 2.85. The topological polar surface area (TPSA) is 109 Å². The highest BCUT2D eigenvalue weighted by Gasteiger charge is 2.17. The first kappa shape index (κ1) is 24.2. The van der Waals surface area contributed by atoms with Crippen LogP contribution in [-0.4, -0.2) is 30.5 Å². The maximum absolute atomic E-state index is 12.6. The van der Waals surface area contributed by atoms with E-state index in [0.717, 1.165) is 0 Å². The fraction of sp³-hybridized carbons (Fsp3) is 0.0400. The molecule has 0 aromatic heterocycles. The third kappa shape index (κ3) is 7.04. The second-order valence-electron chi connectivity index (χ2n) is 6.83. The second-order valence-corrected chi connectivity index (χ2v) is 7.27. The van der Waals surface area contributed by atoms with Crippen LogP contribution in [0.5, 0.6) is 5.75 Å². The van der Waals surface area contributed by atoms with Gasteiger partial charge in [0.2, 0.25) is 0 Å². The first-order chi connectivity index (χ1) is 16.5. The van der Waals surface area contributed by atoms with Crippen molar-refractivity contribution in [3.05, 3.63) is 102 Å². The molecule has 0 saturated heterocycles. The summed E-state index contributed by atoms with van der Waals surface area (Å²) in [7, 11) is 0. The molecular formula is C25H21ClN4O4. The lowest BCUT2D eigenvalue weighted by Crippen LogP contribution is -2.33. The van der Waals surface area contributed by atoms with Gasteiger partial charge in [-0.05, 0) is 66.2 Å². The van der Waals surface area contributed by atoms with Crippen LogP contribution >= 0.6 is 11.6 Å². The molecule has 0 bridgehead atoms. The molecule has 0 aliphatic heterocycles. The van der Waals surface area contributed by atoms with Gasteiger partial charge < -0.3 is 15.4 Å². The van der Waals surface area contributed by atoms with Gasteiger partial charge in [-0.3, -0.25) is 14.4 Å². The van der Waals surface area contributed by atoms with E-state index >= 15 is 0 Å². The zero-order valence-electron chi connectivity index (χ0n) is 18.0. The molecule has 8 nitrogen and oxygen atoms in total. The lowest BCUT2D eigenvalue weighted by atomic mass is 10.1. The van der Waals surface area contributed by atoms with Gasteiger partial charge in [-0.15, -0.1) is 0 Å². The number of nitrogens with zero attached hydrogens (tertiary/aromatic N) is 1. The summed E-state index contributed by atoms with van der Waals surface area (Å²) in [5, 5.41) is 9.46. The van der Waals surface area contributed by atoms with Crippen LogP contribution in [0, 0.1) is 0 Å². The maximum atomic E-state index is 12.6. The summed E-state index contributed by atoms with van der Waals surface area (Å²) in [5.74, 6) is -1.76. The fourth-order valence-electron chi connectivity index (χ4n) is 2.72. The molecule has 0 aliphatic carbocycles. The molecule has 3 amide bonds. The number of amides is 3. The third-order valence-corrected chi connectivity index (χ3v) is 4.61. The molecule has 0 heterocycles. The van der Waals surface area contributed by atoms with E-state index in [0.29, 0.717) is 28.6 Å². The molecular weight excluding hydrogens is 456 g/mol. The van der Waals surface area contributed by atoms with Gasteiger partial charge in [-0.1, -0.05) is 36.4 Å². The van der Waals surface area contributed by atoms with Crippen LogP contribution in [0.25, 0.3) is 0 Å². The Hall–Kier alpha value is -4.43. The number of nitrogens with one attached hydrogen (secondary N) is 3. The largest absolute Gasteiger partial charge is 0.490 e. The number of hydrazone groups is 1. The van der Waals surface area contributed by atoms with Crippen molar-refractivity contribution in [2.45, 2.75) is 0 Å². The van der Waals surface area contributed by atoms with Gasteiger partial charge in [0.25, 0.3) is 5.91 Å². The monoisotopic (exact) mass is 476 g/mol. The van der Waals surface area contributed by atoms with Crippen molar-refractivity contribution in [1.29, 1.82) is 0 Å². The summed E-state index contributed by atoms with van der Waals surface area (Å²) in [6, 6.07) is 19.9. The van der Waals surface area contributed by atoms with Crippen molar-refractivity contribution in [1.82, 2.24) is 5.43 Å². The molecule has 0 aliphatic rings. The summed E-state index contributed by atoms with van der Waals surface area (Å²) in [6.07, 6.45) is 3.02. The van der Waals surface area contributed by atoms with Gasteiger partial charge in [0, 0.05) is 10.7 Å². The standard InChI is InChI=1S/C25H21ClN4O4/c1-2-15-34-20-13-7-17(8-14-20)16-27-30-25(33)24(32)29-22-6-4-3-5-21(22)23(31)28-19-11-9-18(26)10-12-19/h2-14,16H,1,15H2,(H,28,31)(H,29,32)(H,30,33)/b27-16-. The lowest BCUT2D eigenvalue weighted by Gasteiger charge is -2.11. The minimum atomic E-state index is -0.991. The predicted molar refractivity (Wildman–Crippen MR) is 132 cm³/mol. The van der Waals surface area contributed by atoms with Crippen LogP contribution in [0.2, 0.25) is 5.02 Å². The zero-order chi connectivity index (χ0) is 24.3. The quantitative estimate of drug-likeness (QED) is 0.195. The number of hydrogen-bond donors (Lipinski definition) is 3. The molecule has 0 atom stereocenters. The number of hydrogen-bond acceptors (Lipinski definition) is 5. The number of carbonyl (C=O) groups excluding carboxylic acids is 3. The molecule has 0 radical (unpaired) electrons. The number of benzene rings is 3. The Bertz CT molecular complexity index is 1210. The first-order valence-corrected chi connectivity index (χ1v) is 10.5. The number of halogens is 1. The Labute approximate surface area is 201 Å². The summed E-state index contributed by atoms with van der Waals surface area (Å²) in [6.45, 7) is 3.97. The number of para-hydroxylation sites is 1. The summed E-state index contributed by atoms with van der Waals surface area (Å²) in [5.41, 5.74) is 3.73. The Morgan fingerprint density at radius 2 is 1.62 bits per heavy atom. The van der Waals surface area contributed by atoms with Gasteiger partial charge >= 0.3 is 11.8 Å². The van der Waals surface area contributed by atoms with E-state index in [4.69, 9.17) is 16.3 Å². The molecule has 0 unspecified atom stereocenters. The molecule has 0 spiro atoms. The SMILES string of the molecule is C=CCOc1ccc(/C=N\NC(=O)C(=O)Nc2ccccc2C(=O)Nc2ccc(Cl)cc2)cc1. The van der Waals surface area contributed by atoms with Crippen molar-refractivity contribution < 1.29 is 19.1 Å². The molecule has 172 valence electrons. The minimum Gasteiger partial charge on any atom is -0.490 e. The molecule has 34 heavy (non-hydrogen) atoms. The molecule has 3 aromatic carbocycles. The molecule has 3 rings (SSSR count). The highest BCUT2D eigenvalue weighted by Crippen LogP contribution is 2.19. The Morgan fingerprint density at radius 1 is 0.912 bits per heavy atom. The van der Waals surface area contributed by atoms with Crippen LogP contribution in [0.3, 0.4) is 0 Å². The van der Waals surface area contributed by atoms with Crippen molar-refractivity contribution in [2.24, 2.45) is 5.10 Å². The van der Waals surface area contributed by atoms with Crippen molar-refractivity contribution in [3.63, 3.8) is 0 Å². The van der Waals surface area contributed by atoms with Gasteiger partial charge in [0.05, 0.1) is 17.5 Å². The smallest absolute Gasteiger partial charge is 0.329 e. The van der Waals surface area contributed by atoms with Gasteiger partial charge in [-0.2, -0.15) is 5.10 Å². The zero-order valence-corrected chi connectivity index (χ0v) is 18.7. The minimum absolute atomic E-state index is 0.174. The summed E-state index contributed by atoms with van der Waals surface area (Å²) < 4.78 is 5.39. The summed E-state index contributed by atoms with van der Waals surface area (Å²) in [4.78, 5) is 37.1. The molecule has 0 saturated carbocycles. The van der Waals surface area contributed by atoms with Crippen LogP contribution in [-0.2, 0) is 9.59 Å². The van der Waals surface area contributed by atoms with E-state index in [1.54, 1.807) is 66.7 Å². The Balaban J connectivity index is 1.58. The Kier molecular flexibility index (Phi) is 8.54. The third-order valence-electron chi connectivity index (χ3n) is 4.36. The fourth-order valence-corrected chi connectivity index (χ4v) is 2.85. The van der Waals surface area contributed by atoms with E-state index in [1.165, 1.54) is 18.3 Å². The predicted octanol–water partition coefficient (Wildman–Crippen LogP) is 4.25. The van der Waals surface area contributed by atoms with Gasteiger partial charge in [0.15, 0.2) is 0 Å². The number of anilines is 2. The number of rotatable bonds is 8. The lowest BCUT2D eigenvalue weighted by molar-refractivity contribution is -0.136. The van der Waals surface area contributed by atoms with Crippen LogP contribution in [0.15, 0.2) is 90.6 Å². The van der Waals surface area contributed by atoms with E-state index in [-0.39, 0.29) is 11.3 Å². The van der Waals surface area contributed by atoms with E-state index in [1.807, 2.05) is 0 Å². The molecule has 3 N–H and O–H groups in total. The average molecular weight is 477 g/mol. The second kappa shape index (κ2) is 12.0. The van der Waals surface area contributed by atoms with Crippen LogP contribution in [0.1, 0.15) is 15.9 Å². The van der Waals surface area contributed by atoms with Crippen molar-refractivity contribution in [2.75, 3.05) is 17.2 Å². The van der Waals surface area contributed by atoms with E-state index < -0.39 is 17.7 Å². The van der Waals surface area contributed by atoms with Gasteiger partial charge in [-0.25, -0.2) is 5.43 Å². The summed E-state index contributed by atoms with van der Waals surface area (Å²) >= 11 is 5.86. The van der Waals surface area contributed by atoms with Crippen LogP contribution in [0.4, 0.5) is 11.4 Å². The molecule has 3 aromatic rings.